The van der Waals surface area contributed by atoms with Crippen LogP contribution in [-0.4, -0.2) is 38.7 Å². The minimum absolute atomic E-state index is 0.276. The third-order valence-electron chi connectivity index (χ3n) is 4.63. The summed E-state index contributed by atoms with van der Waals surface area (Å²) in [5, 5.41) is 12.4. The van der Waals surface area contributed by atoms with Crippen molar-refractivity contribution in [2.24, 2.45) is 5.10 Å². The molecule has 0 aliphatic heterocycles. The van der Waals surface area contributed by atoms with Crippen LogP contribution in [0.3, 0.4) is 0 Å². The molecule has 31 heavy (non-hydrogen) atoms. The fourth-order valence-corrected chi connectivity index (χ4v) is 2.87. The minimum atomic E-state index is -0.276. The largest absolute Gasteiger partial charge is 0.494 e. The Morgan fingerprint density at radius 1 is 1.13 bits per heavy atom. The normalized spacial score (nSPS) is 11.0. The molecule has 3 rings (SSSR count). The van der Waals surface area contributed by atoms with Gasteiger partial charge < -0.3 is 4.74 Å². The van der Waals surface area contributed by atoms with E-state index in [4.69, 9.17) is 4.74 Å². The molecule has 0 saturated carbocycles. The van der Waals surface area contributed by atoms with Gasteiger partial charge in [-0.2, -0.15) is 5.10 Å². The number of hydrazone groups is 1. The summed E-state index contributed by atoms with van der Waals surface area (Å²) in [5.74, 6) is 0.530. The van der Waals surface area contributed by atoms with E-state index in [-0.39, 0.29) is 5.91 Å². The number of carbonyl (C=O) groups is 1. The molecule has 0 fully saturated rings. The first-order valence-corrected chi connectivity index (χ1v) is 10.6. The number of benzene rings is 1. The molecule has 3 aromatic rings. The van der Waals surface area contributed by atoms with E-state index in [1.165, 1.54) is 6.42 Å². The van der Waals surface area contributed by atoms with Crippen molar-refractivity contribution in [3.8, 4) is 5.75 Å². The van der Waals surface area contributed by atoms with E-state index in [9.17, 15) is 4.79 Å². The molecular weight excluding hydrogens is 392 g/mol. The lowest BCUT2D eigenvalue weighted by molar-refractivity contribution is 0.0955. The van der Waals surface area contributed by atoms with Gasteiger partial charge in [0.15, 0.2) is 0 Å². The van der Waals surface area contributed by atoms with Crippen LogP contribution in [0.25, 0.3) is 0 Å². The van der Waals surface area contributed by atoms with Gasteiger partial charge in [-0.1, -0.05) is 18.6 Å². The van der Waals surface area contributed by atoms with Gasteiger partial charge in [-0.25, -0.2) is 5.43 Å². The summed E-state index contributed by atoms with van der Waals surface area (Å²) >= 11 is 0. The number of pyridine rings is 1. The van der Waals surface area contributed by atoms with Gasteiger partial charge in [-0.3, -0.25) is 14.5 Å². The van der Waals surface area contributed by atoms with Gasteiger partial charge in [0.2, 0.25) is 0 Å². The summed E-state index contributed by atoms with van der Waals surface area (Å²) in [6.45, 7) is 3.67. The number of aryl methyl sites for hydroxylation is 2. The Balaban J connectivity index is 1.33. The molecule has 162 valence electrons. The average molecular weight is 421 g/mol. The molecule has 0 unspecified atom stereocenters. The number of ether oxygens (including phenoxy) is 1. The van der Waals surface area contributed by atoms with Crippen molar-refractivity contribution in [1.82, 2.24) is 25.4 Å². The topological polar surface area (TPSA) is 94.3 Å². The van der Waals surface area contributed by atoms with E-state index in [1.807, 2.05) is 35.1 Å². The molecule has 8 nitrogen and oxygen atoms in total. The number of nitrogens with one attached hydrogen (secondary N) is 1. The lowest BCUT2D eigenvalue weighted by Crippen LogP contribution is -2.17. The van der Waals surface area contributed by atoms with Crippen LogP contribution in [0.5, 0.6) is 5.75 Å². The summed E-state index contributed by atoms with van der Waals surface area (Å²) < 4.78 is 7.70. The number of hydrogen-bond acceptors (Lipinski definition) is 6. The number of amides is 1. The number of nitrogens with zero attached hydrogens (tertiary/aromatic N) is 5. The van der Waals surface area contributed by atoms with Crippen molar-refractivity contribution in [2.75, 3.05) is 6.61 Å². The predicted molar refractivity (Wildman–Crippen MR) is 119 cm³/mol. The number of aromatic nitrogens is 4. The van der Waals surface area contributed by atoms with E-state index in [1.54, 1.807) is 30.7 Å². The zero-order valence-electron chi connectivity index (χ0n) is 17.8. The van der Waals surface area contributed by atoms with E-state index < -0.39 is 0 Å². The second kappa shape index (κ2) is 12.2. The van der Waals surface area contributed by atoms with Crippen LogP contribution in [0, 0.1) is 0 Å². The molecule has 0 aliphatic rings. The zero-order chi connectivity index (χ0) is 21.7. The molecule has 2 heterocycles. The molecule has 1 aromatic carbocycles. The summed E-state index contributed by atoms with van der Waals surface area (Å²) in [6.07, 6.45) is 12.0. The maximum atomic E-state index is 11.9. The Kier molecular flexibility index (Phi) is 8.72. The molecule has 8 heteroatoms. The van der Waals surface area contributed by atoms with Crippen molar-refractivity contribution in [1.29, 1.82) is 0 Å². The van der Waals surface area contributed by atoms with Crippen molar-refractivity contribution >= 4 is 12.1 Å². The summed E-state index contributed by atoms with van der Waals surface area (Å²) in [5.41, 5.74) is 4.94. The van der Waals surface area contributed by atoms with Crippen LogP contribution in [0.2, 0.25) is 0 Å². The SMILES string of the molecule is CCCCc1cn(CCCCOc2ccc(/C=N/NC(=O)c3ccncc3)cc2)nn1. The van der Waals surface area contributed by atoms with Crippen LogP contribution >= 0.6 is 0 Å². The van der Waals surface area contributed by atoms with Gasteiger partial charge in [0.1, 0.15) is 5.75 Å². The Morgan fingerprint density at radius 3 is 2.71 bits per heavy atom. The molecule has 0 saturated heterocycles. The van der Waals surface area contributed by atoms with Crippen LogP contribution in [0.15, 0.2) is 60.1 Å². The Morgan fingerprint density at radius 2 is 1.94 bits per heavy atom. The molecule has 0 spiro atoms. The Hall–Kier alpha value is -3.55. The highest BCUT2D eigenvalue weighted by molar-refractivity contribution is 5.94. The minimum Gasteiger partial charge on any atom is -0.494 e. The second-order valence-corrected chi connectivity index (χ2v) is 7.14. The first kappa shape index (κ1) is 22.1. The lowest BCUT2D eigenvalue weighted by Gasteiger charge is -2.06. The monoisotopic (exact) mass is 420 g/mol. The van der Waals surface area contributed by atoms with E-state index in [2.05, 4.69) is 32.7 Å². The van der Waals surface area contributed by atoms with Gasteiger partial charge in [0.05, 0.1) is 18.5 Å². The van der Waals surface area contributed by atoms with Crippen molar-refractivity contribution in [3.63, 3.8) is 0 Å². The fourth-order valence-electron chi connectivity index (χ4n) is 2.87. The van der Waals surface area contributed by atoms with Crippen LogP contribution < -0.4 is 10.2 Å². The predicted octanol–water partition coefficient (Wildman–Crippen LogP) is 3.64. The molecular formula is C23H28N6O2. The highest BCUT2D eigenvalue weighted by atomic mass is 16.5. The maximum Gasteiger partial charge on any atom is 0.271 e. The molecule has 0 bridgehead atoms. The first-order valence-electron chi connectivity index (χ1n) is 10.6. The highest BCUT2D eigenvalue weighted by Gasteiger charge is 2.02. The van der Waals surface area contributed by atoms with E-state index in [0.29, 0.717) is 12.2 Å². The third kappa shape index (κ3) is 7.65. The smallest absolute Gasteiger partial charge is 0.271 e. The number of rotatable bonds is 12. The number of hydrogen-bond donors (Lipinski definition) is 1. The number of unbranched alkanes of at least 4 members (excludes halogenated alkanes) is 2. The van der Waals surface area contributed by atoms with Crippen LogP contribution in [-0.2, 0) is 13.0 Å². The van der Waals surface area contributed by atoms with Gasteiger partial charge in [0.25, 0.3) is 5.91 Å². The Bertz CT molecular complexity index is 954. The molecule has 0 atom stereocenters. The summed E-state index contributed by atoms with van der Waals surface area (Å²) in [7, 11) is 0. The molecule has 0 radical (unpaired) electrons. The van der Waals surface area contributed by atoms with Crippen LogP contribution in [0.1, 0.15) is 54.2 Å². The highest BCUT2D eigenvalue weighted by Crippen LogP contribution is 2.12. The Labute approximate surface area is 182 Å². The van der Waals surface area contributed by atoms with E-state index >= 15 is 0 Å². The molecule has 2 aromatic heterocycles. The molecule has 1 N–H and O–H groups in total. The third-order valence-corrected chi connectivity index (χ3v) is 4.63. The van der Waals surface area contributed by atoms with E-state index in [0.717, 1.165) is 49.2 Å². The van der Waals surface area contributed by atoms with Gasteiger partial charge in [0, 0.05) is 30.7 Å². The van der Waals surface area contributed by atoms with Crippen molar-refractivity contribution < 1.29 is 9.53 Å². The van der Waals surface area contributed by atoms with Crippen molar-refractivity contribution in [3.05, 3.63) is 71.8 Å². The average Bonchev–Trinajstić information content (AvgIpc) is 3.26. The van der Waals surface area contributed by atoms with Gasteiger partial charge in [-0.15, -0.1) is 5.10 Å². The molecule has 1 amide bonds. The zero-order valence-corrected chi connectivity index (χ0v) is 17.8. The summed E-state index contributed by atoms with van der Waals surface area (Å²) in [4.78, 5) is 15.8. The standard InChI is InChI=1S/C23H28N6O2/c1-2-3-6-21-18-29(28-26-21)15-4-5-16-31-22-9-7-19(8-10-22)17-25-27-23(30)20-11-13-24-14-12-20/h7-14,17-18H,2-6,15-16H2,1H3,(H,27,30)/b25-17+. The number of carbonyl (C=O) groups excluding carboxylic acids is 1. The quantitative estimate of drug-likeness (QED) is 0.274. The fraction of sp³-hybridized carbons (Fsp3) is 0.348. The van der Waals surface area contributed by atoms with Crippen molar-refractivity contribution in [2.45, 2.75) is 45.6 Å². The molecule has 0 aliphatic carbocycles. The van der Waals surface area contributed by atoms with Gasteiger partial charge >= 0.3 is 0 Å². The van der Waals surface area contributed by atoms with Crippen LogP contribution in [0.4, 0.5) is 0 Å². The first-order chi connectivity index (χ1) is 15.2. The maximum absolute atomic E-state index is 11.9. The second-order valence-electron chi connectivity index (χ2n) is 7.14. The van der Waals surface area contributed by atoms with Gasteiger partial charge in [-0.05, 0) is 67.6 Å². The summed E-state index contributed by atoms with van der Waals surface area (Å²) in [6, 6.07) is 10.8. The lowest BCUT2D eigenvalue weighted by atomic mass is 10.2.